The lowest BCUT2D eigenvalue weighted by atomic mass is 9.99. The average Bonchev–Trinajstić information content (AvgIpc) is 3.04. The summed E-state index contributed by atoms with van der Waals surface area (Å²) < 4.78 is 3.46. The highest BCUT2D eigenvalue weighted by atomic mass is 127. The van der Waals surface area contributed by atoms with Gasteiger partial charge in [-0.3, -0.25) is 9.56 Å². The number of aryl methyl sites for hydroxylation is 2. The van der Waals surface area contributed by atoms with Gasteiger partial charge in [0.15, 0.2) is 5.96 Å². The largest absolute Gasteiger partial charge is 0.356 e. The molecule has 1 aromatic heterocycles. The third-order valence-electron chi connectivity index (χ3n) is 5.91. The van der Waals surface area contributed by atoms with Crippen molar-refractivity contribution in [1.29, 1.82) is 0 Å². The van der Waals surface area contributed by atoms with Gasteiger partial charge < -0.3 is 15.5 Å². The fourth-order valence-electron chi connectivity index (χ4n) is 4.05. The number of halogens is 1. The second-order valence-corrected chi connectivity index (χ2v) is 8.19. The van der Waals surface area contributed by atoms with Crippen molar-refractivity contribution in [3.05, 3.63) is 16.3 Å². The van der Waals surface area contributed by atoms with Crippen molar-refractivity contribution in [2.24, 2.45) is 10.9 Å². The Bertz CT molecular complexity index is 691. The van der Waals surface area contributed by atoms with Gasteiger partial charge in [0.1, 0.15) is 5.82 Å². The fraction of sp³-hybridized carbons (Fsp3) is 0.850. The molecule has 29 heavy (non-hydrogen) atoms. The first-order valence-electron chi connectivity index (χ1n) is 11.0. The molecule has 0 unspecified atom stereocenters. The lowest BCUT2D eigenvalue weighted by molar-refractivity contribution is 0.191. The van der Waals surface area contributed by atoms with Crippen LogP contribution < -0.4 is 16.3 Å². The molecular formula is C20H38IN7O. The quantitative estimate of drug-likeness (QED) is 0.237. The summed E-state index contributed by atoms with van der Waals surface area (Å²) in [7, 11) is 1.80. The molecular weight excluding hydrogens is 481 g/mol. The molecule has 2 aliphatic heterocycles. The van der Waals surface area contributed by atoms with Crippen molar-refractivity contribution in [1.82, 2.24) is 29.9 Å². The zero-order valence-electron chi connectivity index (χ0n) is 18.0. The van der Waals surface area contributed by atoms with E-state index < -0.39 is 0 Å². The number of hydrogen-bond donors (Lipinski definition) is 2. The molecule has 3 heterocycles. The lowest BCUT2D eigenvalue weighted by Crippen LogP contribution is -2.40. The van der Waals surface area contributed by atoms with E-state index in [2.05, 4.69) is 32.5 Å². The van der Waals surface area contributed by atoms with Crippen molar-refractivity contribution in [2.45, 2.75) is 65.0 Å². The number of guanidine groups is 1. The minimum absolute atomic E-state index is 0. The first-order valence-corrected chi connectivity index (χ1v) is 11.0. The summed E-state index contributed by atoms with van der Waals surface area (Å²) >= 11 is 0. The number of likely N-dealkylation sites (tertiary alicyclic amines) is 1. The zero-order chi connectivity index (χ0) is 19.8. The van der Waals surface area contributed by atoms with E-state index in [0.717, 1.165) is 76.0 Å². The molecule has 0 atom stereocenters. The number of aliphatic imine (C=N–C) groups is 1. The van der Waals surface area contributed by atoms with Crippen LogP contribution in [0.15, 0.2) is 9.79 Å². The van der Waals surface area contributed by atoms with Crippen LogP contribution in [0, 0.1) is 5.92 Å². The SMILES string of the molecule is CN=C(NCCCN1CCC(C)CC1)NCCCn1nc2n(c1=O)CCCC2.I. The van der Waals surface area contributed by atoms with E-state index in [4.69, 9.17) is 0 Å². The summed E-state index contributed by atoms with van der Waals surface area (Å²) in [6.45, 7) is 9.17. The van der Waals surface area contributed by atoms with Gasteiger partial charge in [0.05, 0.1) is 0 Å². The predicted molar refractivity (Wildman–Crippen MR) is 128 cm³/mol. The monoisotopic (exact) mass is 519 g/mol. The molecule has 8 nitrogen and oxygen atoms in total. The second kappa shape index (κ2) is 12.6. The van der Waals surface area contributed by atoms with Crippen molar-refractivity contribution in [3.8, 4) is 0 Å². The first-order chi connectivity index (χ1) is 13.7. The topological polar surface area (TPSA) is 79.5 Å². The van der Waals surface area contributed by atoms with E-state index in [-0.39, 0.29) is 29.7 Å². The fourth-order valence-corrected chi connectivity index (χ4v) is 4.05. The molecule has 0 saturated carbocycles. The summed E-state index contributed by atoms with van der Waals surface area (Å²) in [5.41, 5.74) is 0.0457. The van der Waals surface area contributed by atoms with E-state index >= 15 is 0 Å². The van der Waals surface area contributed by atoms with Crippen LogP contribution in [0.25, 0.3) is 0 Å². The number of hydrogen-bond acceptors (Lipinski definition) is 4. The van der Waals surface area contributed by atoms with Gasteiger partial charge in [0.2, 0.25) is 0 Å². The Hall–Kier alpha value is -1.10. The van der Waals surface area contributed by atoms with Crippen LogP contribution in [0.2, 0.25) is 0 Å². The third kappa shape index (κ3) is 7.27. The van der Waals surface area contributed by atoms with Gasteiger partial charge >= 0.3 is 5.69 Å². The Morgan fingerprint density at radius 1 is 1.10 bits per heavy atom. The van der Waals surface area contributed by atoms with Gasteiger partial charge in [-0.2, -0.15) is 5.10 Å². The molecule has 3 rings (SSSR count). The summed E-state index contributed by atoms with van der Waals surface area (Å²) in [4.78, 5) is 19.2. The van der Waals surface area contributed by atoms with Crippen LogP contribution >= 0.6 is 24.0 Å². The summed E-state index contributed by atoms with van der Waals surface area (Å²) in [6.07, 6.45) is 7.79. The van der Waals surface area contributed by atoms with Gasteiger partial charge in [-0.25, -0.2) is 9.48 Å². The van der Waals surface area contributed by atoms with Gasteiger partial charge in [0.25, 0.3) is 0 Å². The minimum atomic E-state index is 0. The number of fused-ring (bicyclic) bond motifs is 1. The molecule has 1 saturated heterocycles. The van der Waals surface area contributed by atoms with Crippen molar-refractivity contribution >= 4 is 29.9 Å². The summed E-state index contributed by atoms with van der Waals surface area (Å²) in [6, 6.07) is 0. The number of nitrogens with one attached hydrogen (secondary N) is 2. The molecule has 0 spiro atoms. The van der Waals surface area contributed by atoms with Crippen LogP contribution in [0.3, 0.4) is 0 Å². The molecule has 2 N–H and O–H groups in total. The average molecular weight is 519 g/mol. The van der Waals surface area contributed by atoms with Gasteiger partial charge in [-0.15, -0.1) is 24.0 Å². The molecule has 1 fully saturated rings. The molecule has 9 heteroatoms. The van der Waals surface area contributed by atoms with Gasteiger partial charge in [-0.1, -0.05) is 6.92 Å². The Kier molecular flexibility index (Phi) is 10.5. The maximum atomic E-state index is 12.3. The van der Waals surface area contributed by atoms with Gasteiger partial charge in [-0.05, 0) is 64.1 Å². The van der Waals surface area contributed by atoms with E-state index in [0.29, 0.717) is 6.54 Å². The maximum absolute atomic E-state index is 12.3. The van der Waals surface area contributed by atoms with E-state index in [1.54, 1.807) is 11.7 Å². The number of piperidine rings is 1. The van der Waals surface area contributed by atoms with Crippen LogP contribution in [-0.2, 0) is 19.5 Å². The van der Waals surface area contributed by atoms with Crippen molar-refractivity contribution in [2.75, 3.05) is 39.8 Å². The highest BCUT2D eigenvalue weighted by Crippen LogP contribution is 2.15. The van der Waals surface area contributed by atoms with Crippen LogP contribution in [0.4, 0.5) is 0 Å². The van der Waals surface area contributed by atoms with E-state index in [1.807, 2.05) is 4.57 Å². The van der Waals surface area contributed by atoms with E-state index in [1.165, 1.54) is 25.9 Å². The molecule has 0 bridgehead atoms. The number of aromatic nitrogens is 3. The highest BCUT2D eigenvalue weighted by molar-refractivity contribution is 14.0. The summed E-state index contributed by atoms with van der Waals surface area (Å²) in [5.74, 6) is 2.68. The van der Waals surface area contributed by atoms with Crippen molar-refractivity contribution < 1.29 is 0 Å². The predicted octanol–water partition coefficient (Wildman–Crippen LogP) is 1.68. The molecule has 2 aliphatic rings. The Balaban J connectivity index is 0.00000300. The third-order valence-corrected chi connectivity index (χ3v) is 5.91. The first kappa shape index (κ1) is 24.2. The number of rotatable bonds is 8. The van der Waals surface area contributed by atoms with E-state index in [9.17, 15) is 4.79 Å². The Morgan fingerprint density at radius 2 is 1.79 bits per heavy atom. The second-order valence-electron chi connectivity index (χ2n) is 8.19. The zero-order valence-corrected chi connectivity index (χ0v) is 20.4. The molecule has 166 valence electrons. The lowest BCUT2D eigenvalue weighted by Gasteiger charge is -2.30. The molecule has 0 radical (unpaired) electrons. The maximum Gasteiger partial charge on any atom is 0.345 e. The van der Waals surface area contributed by atoms with Gasteiger partial charge in [0, 0.05) is 39.6 Å². The molecule has 0 amide bonds. The normalized spacial score (nSPS) is 18.2. The molecule has 1 aromatic rings. The summed E-state index contributed by atoms with van der Waals surface area (Å²) in [5, 5.41) is 11.2. The van der Waals surface area contributed by atoms with Crippen LogP contribution in [0.5, 0.6) is 0 Å². The highest BCUT2D eigenvalue weighted by Gasteiger charge is 2.16. The van der Waals surface area contributed by atoms with Crippen LogP contribution in [0.1, 0.15) is 51.3 Å². The molecule has 0 aliphatic carbocycles. The standard InChI is InChI=1S/C20H37N7O.HI/c1-17-8-15-25(16-9-17)12-5-10-22-19(21-2)23-11-6-14-27-20(28)26-13-4-3-7-18(26)24-27;/h17H,3-16H2,1-2H3,(H2,21,22,23);1H. The molecule has 0 aromatic carbocycles. The number of nitrogens with zero attached hydrogens (tertiary/aromatic N) is 5. The smallest absolute Gasteiger partial charge is 0.345 e. The Labute approximate surface area is 191 Å². The minimum Gasteiger partial charge on any atom is -0.356 e. The van der Waals surface area contributed by atoms with Crippen LogP contribution in [-0.4, -0.2) is 65.0 Å². The Morgan fingerprint density at radius 3 is 2.45 bits per heavy atom. The van der Waals surface area contributed by atoms with Crippen molar-refractivity contribution in [3.63, 3.8) is 0 Å².